The largest absolute Gasteiger partial charge is 0.377 e. The lowest BCUT2D eigenvalue weighted by atomic mass is 10.0. The monoisotopic (exact) mass is 416 g/mol. The summed E-state index contributed by atoms with van der Waals surface area (Å²) in [5.41, 5.74) is 2.71. The highest BCUT2D eigenvalue weighted by molar-refractivity contribution is 7.12. The number of anilines is 2. The summed E-state index contributed by atoms with van der Waals surface area (Å²) in [5, 5.41) is 7.52. The lowest BCUT2D eigenvalue weighted by Gasteiger charge is -2.33. The summed E-state index contributed by atoms with van der Waals surface area (Å²) < 4.78 is 0. The Hall–Kier alpha value is -2.54. The van der Waals surface area contributed by atoms with Gasteiger partial charge < -0.3 is 20.4 Å². The van der Waals surface area contributed by atoms with E-state index in [2.05, 4.69) is 31.4 Å². The van der Waals surface area contributed by atoms with Crippen LogP contribution in [0.5, 0.6) is 0 Å². The molecule has 2 N–H and O–H groups in total. The molecule has 7 heteroatoms. The van der Waals surface area contributed by atoms with Crippen molar-refractivity contribution in [1.82, 2.24) is 10.2 Å². The lowest BCUT2D eigenvalue weighted by molar-refractivity contribution is 0.0633. The maximum absolute atomic E-state index is 13.2. The Kier molecular flexibility index (Phi) is 8.08. The van der Waals surface area contributed by atoms with E-state index in [1.54, 1.807) is 0 Å². The van der Waals surface area contributed by atoms with Crippen LogP contribution in [0.4, 0.5) is 16.2 Å². The molecule has 0 aliphatic carbocycles. The molecule has 0 saturated carbocycles. The van der Waals surface area contributed by atoms with E-state index in [4.69, 9.17) is 0 Å². The van der Waals surface area contributed by atoms with E-state index >= 15 is 0 Å². The highest BCUT2D eigenvalue weighted by Crippen LogP contribution is 2.27. The topological polar surface area (TPSA) is 64.7 Å². The third kappa shape index (κ3) is 5.97. The first-order chi connectivity index (χ1) is 13.7. The summed E-state index contributed by atoms with van der Waals surface area (Å²) in [7, 11) is 3.96. The average Bonchev–Trinajstić information content (AvgIpc) is 3.19. The molecule has 29 heavy (non-hydrogen) atoms. The summed E-state index contributed by atoms with van der Waals surface area (Å²) in [5.74, 6) is 0.353. The minimum atomic E-state index is -0.238. The molecule has 0 aliphatic heterocycles. The van der Waals surface area contributed by atoms with Crippen molar-refractivity contribution in [2.45, 2.75) is 40.3 Å². The van der Waals surface area contributed by atoms with Crippen LogP contribution in [-0.2, 0) is 6.54 Å². The molecule has 0 spiro atoms. The van der Waals surface area contributed by atoms with Crippen LogP contribution in [-0.4, -0.2) is 43.5 Å². The smallest absolute Gasteiger partial charge is 0.319 e. The molecule has 0 bridgehead atoms. The fourth-order valence-corrected chi connectivity index (χ4v) is 3.73. The zero-order chi connectivity index (χ0) is 21.6. The van der Waals surface area contributed by atoms with Crippen molar-refractivity contribution in [3.63, 3.8) is 0 Å². The number of nitrogens with one attached hydrogen (secondary N) is 2. The normalized spacial score (nSPS) is 11.8. The van der Waals surface area contributed by atoms with Gasteiger partial charge in [-0.25, -0.2) is 4.79 Å². The van der Waals surface area contributed by atoms with E-state index in [1.807, 2.05) is 66.5 Å². The van der Waals surface area contributed by atoms with Gasteiger partial charge in [-0.15, -0.1) is 11.3 Å². The molecule has 1 aromatic carbocycles. The van der Waals surface area contributed by atoms with Gasteiger partial charge in [0.15, 0.2) is 0 Å². The zero-order valence-electron chi connectivity index (χ0n) is 18.2. The first-order valence-electron chi connectivity index (χ1n) is 9.94. The Morgan fingerprint density at radius 2 is 1.86 bits per heavy atom. The quantitative estimate of drug-likeness (QED) is 0.659. The maximum atomic E-state index is 13.2. The first-order valence-corrected chi connectivity index (χ1v) is 10.8. The predicted molar refractivity (Wildman–Crippen MR) is 122 cm³/mol. The summed E-state index contributed by atoms with van der Waals surface area (Å²) >= 11 is 1.46. The summed E-state index contributed by atoms with van der Waals surface area (Å²) in [6, 6.07) is 9.41. The number of benzene rings is 1. The fourth-order valence-electron chi connectivity index (χ4n) is 3.05. The molecule has 0 radical (unpaired) electrons. The van der Waals surface area contributed by atoms with Crippen molar-refractivity contribution in [3.05, 3.63) is 46.2 Å². The molecule has 0 unspecified atom stereocenters. The summed E-state index contributed by atoms with van der Waals surface area (Å²) in [6.45, 7) is 9.24. The second kappa shape index (κ2) is 10.3. The second-order valence-electron chi connectivity index (χ2n) is 7.62. The fraction of sp³-hybridized carbons (Fsp3) is 0.455. The van der Waals surface area contributed by atoms with Crippen LogP contribution in [0.2, 0.25) is 0 Å². The van der Waals surface area contributed by atoms with Gasteiger partial charge in [-0.2, -0.15) is 0 Å². The van der Waals surface area contributed by atoms with Gasteiger partial charge in [0.1, 0.15) is 0 Å². The Bertz CT molecular complexity index is 818. The molecular weight excluding hydrogens is 384 g/mol. The summed E-state index contributed by atoms with van der Waals surface area (Å²) in [4.78, 5) is 29.8. The number of rotatable bonds is 8. The minimum absolute atomic E-state index is 0.0352. The highest BCUT2D eigenvalue weighted by atomic mass is 32.1. The van der Waals surface area contributed by atoms with Crippen LogP contribution in [0.15, 0.2) is 35.7 Å². The number of urea groups is 1. The number of thiophene rings is 1. The van der Waals surface area contributed by atoms with Crippen molar-refractivity contribution in [3.8, 4) is 0 Å². The van der Waals surface area contributed by atoms with Crippen molar-refractivity contribution in [2.75, 3.05) is 30.9 Å². The van der Waals surface area contributed by atoms with E-state index in [9.17, 15) is 9.59 Å². The average molecular weight is 417 g/mol. The minimum Gasteiger partial charge on any atom is -0.377 e. The zero-order valence-corrected chi connectivity index (χ0v) is 19.0. The molecule has 1 aromatic heterocycles. The van der Waals surface area contributed by atoms with Gasteiger partial charge in [0.25, 0.3) is 5.91 Å². The lowest BCUT2D eigenvalue weighted by Crippen LogP contribution is -2.41. The SMILES string of the molecule is CCNC(=O)Nc1ccc(N(C)C)c(CN(C(=O)c2cccs2)[C@H](C)C(C)C)c1. The molecule has 1 atom stereocenters. The second-order valence-corrected chi connectivity index (χ2v) is 8.57. The molecule has 2 aromatic rings. The van der Waals surface area contributed by atoms with Crippen LogP contribution in [0.1, 0.15) is 42.9 Å². The highest BCUT2D eigenvalue weighted by Gasteiger charge is 2.26. The molecule has 2 rings (SSSR count). The van der Waals surface area contributed by atoms with Crippen molar-refractivity contribution >= 4 is 34.6 Å². The third-order valence-electron chi connectivity index (χ3n) is 4.95. The molecule has 0 aliphatic rings. The van der Waals surface area contributed by atoms with E-state index in [-0.39, 0.29) is 18.0 Å². The van der Waals surface area contributed by atoms with Gasteiger partial charge in [0.05, 0.1) is 4.88 Å². The van der Waals surface area contributed by atoms with Gasteiger partial charge in [0.2, 0.25) is 0 Å². The van der Waals surface area contributed by atoms with Gasteiger partial charge in [-0.3, -0.25) is 4.79 Å². The Morgan fingerprint density at radius 1 is 1.14 bits per heavy atom. The van der Waals surface area contributed by atoms with E-state index < -0.39 is 0 Å². The Balaban J connectivity index is 2.39. The molecule has 0 saturated heterocycles. The van der Waals surface area contributed by atoms with Gasteiger partial charge in [-0.05, 0) is 55.0 Å². The van der Waals surface area contributed by atoms with Crippen LogP contribution >= 0.6 is 11.3 Å². The van der Waals surface area contributed by atoms with E-state index in [1.165, 1.54) is 11.3 Å². The molecule has 1 heterocycles. The van der Waals surface area contributed by atoms with Crippen molar-refractivity contribution in [1.29, 1.82) is 0 Å². The number of hydrogen-bond donors (Lipinski definition) is 2. The first kappa shape index (κ1) is 22.7. The molecule has 158 valence electrons. The molecule has 6 nitrogen and oxygen atoms in total. The van der Waals surface area contributed by atoms with Gasteiger partial charge in [-0.1, -0.05) is 19.9 Å². The third-order valence-corrected chi connectivity index (χ3v) is 5.80. The Labute approximate surface area is 177 Å². The van der Waals surface area contributed by atoms with E-state index in [0.717, 1.165) is 16.1 Å². The van der Waals surface area contributed by atoms with Crippen LogP contribution in [0.3, 0.4) is 0 Å². The maximum Gasteiger partial charge on any atom is 0.319 e. The molecule has 3 amide bonds. The Morgan fingerprint density at radius 3 is 2.41 bits per heavy atom. The van der Waals surface area contributed by atoms with Crippen LogP contribution in [0, 0.1) is 5.92 Å². The van der Waals surface area contributed by atoms with Crippen LogP contribution in [0.25, 0.3) is 0 Å². The van der Waals surface area contributed by atoms with Gasteiger partial charge >= 0.3 is 6.03 Å². The molecular formula is C22H32N4O2S. The number of amides is 3. The number of carbonyl (C=O) groups excluding carboxylic acids is 2. The van der Waals surface area contributed by atoms with Gasteiger partial charge in [0, 0.05) is 44.6 Å². The van der Waals surface area contributed by atoms with Crippen LogP contribution < -0.4 is 15.5 Å². The van der Waals surface area contributed by atoms with E-state index in [0.29, 0.717) is 24.7 Å². The number of hydrogen-bond acceptors (Lipinski definition) is 4. The van der Waals surface area contributed by atoms with Crippen molar-refractivity contribution in [2.24, 2.45) is 5.92 Å². The molecule has 0 fully saturated rings. The predicted octanol–water partition coefficient (Wildman–Crippen LogP) is 4.64. The number of nitrogens with zero attached hydrogens (tertiary/aromatic N) is 2. The van der Waals surface area contributed by atoms with Crippen molar-refractivity contribution < 1.29 is 9.59 Å². The standard InChI is InChI=1S/C22H32N4O2S/c1-7-23-22(28)24-18-10-11-19(25(5)6)17(13-18)14-26(16(4)15(2)3)21(27)20-9-8-12-29-20/h8-13,15-16H,7,14H2,1-6H3,(H2,23,24,28)/t16-/m1/s1. The number of carbonyl (C=O) groups is 2. The summed E-state index contributed by atoms with van der Waals surface area (Å²) in [6.07, 6.45) is 0.